The number of aromatic nitrogens is 1. The van der Waals surface area contributed by atoms with E-state index in [0.29, 0.717) is 30.1 Å². The molecule has 1 aliphatic heterocycles. The molecule has 1 fully saturated rings. The summed E-state index contributed by atoms with van der Waals surface area (Å²) in [7, 11) is 0. The zero-order valence-electron chi connectivity index (χ0n) is 10.0. The van der Waals surface area contributed by atoms with Gasteiger partial charge in [0.1, 0.15) is 0 Å². The van der Waals surface area contributed by atoms with Crippen molar-refractivity contribution >= 4 is 23.4 Å². The molecule has 6 heteroatoms. The number of nitrogens with zero attached hydrogens (tertiary/aromatic N) is 2. The highest BCUT2D eigenvalue weighted by Gasteiger charge is 2.29. The molecule has 2 rings (SSSR count). The molecule has 96 valence electrons. The Kier molecular flexibility index (Phi) is 3.81. The van der Waals surface area contributed by atoms with Gasteiger partial charge in [-0.05, 0) is 13.0 Å². The summed E-state index contributed by atoms with van der Waals surface area (Å²) in [5, 5.41) is 3.13. The Bertz CT molecular complexity index is 478. The van der Waals surface area contributed by atoms with Crippen LogP contribution in [-0.2, 0) is 4.79 Å². The SMILES string of the molecule is CCN1C[C@H](NC(=O)c2ccncc2Cl)CC1=O. The molecule has 1 aromatic heterocycles. The van der Waals surface area contributed by atoms with Crippen LogP contribution in [0.1, 0.15) is 23.7 Å². The second-order valence-corrected chi connectivity index (χ2v) is 4.57. The average Bonchev–Trinajstić information content (AvgIpc) is 2.69. The van der Waals surface area contributed by atoms with Crippen LogP contribution < -0.4 is 5.32 Å². The third-order valence-electron chi connectivity index (χ3n) is 2.95. The van der Waals surface area contributed by atoms with Gasteiger partial charge in [0.15, 0.2) is 0 Å². The van der Waals surface area contributed by atoms with Gasteiger partial charge in [-0.2, -0.15) is 0 Å². The fourth-order valence-corrected chi connectivity index (χ4v) is 2.20. The van der Waals surface area contributed by atoms with Crippen LogP contribution in [0.4, 0.5) is 0 Å². The maximum Gasteiger partial charge on any atom is 0.253 e. The van der Waals surface area contributed by atoms with Crippen LogP contribution in [0.3, 0.4) is 0 Å². The lowest BCUT2D eigenvalue weighted by Gasteiger charge is -2.14. The standard InChI is InChI=1S/C12H14ClN3O2/c1-2-16-7-8(5-11(16)17)15-12(18)9-3-4-14-6-10(9)13/h3-4,6,8H,2,5,7H2,1H3,(H,15,18)/t8-/m1/s1. The quantitative estimate of drug-likeness (QED) is 0.892. The Labute approximate surface area is 110 Å². The highest BCUT2D eigenvalue weighted by molar-refractivity contribution is 6.33. The van der Waals surface area contributed by atoms with Gasteiger partial charge in [0, 0.05) is 31.9 Å². The first kappa shape index (κ1) is 12.8. The molecule has 1 N–H and O–H groups in total. The van der Waals surface area contributed by atoms with Crippen molar-refractivity contribution < 1.29 is 9.59 Å². The van der Waals surface area contributed by atoms with E-state index in [0.717, 1.165) is 0 Å². The van der Waals surface area contributed by atoms with E-state index in [1.54, 1.807) is 11.0 Å². The van der Waals surface area contributed by atoms with Crippen molar-refractivity contribution in [1.82, 2.24) is 15.2 Å². The molecule has 2 amide bonds. The van der Waals surface area contributed by atoms with Gasteiger partial charge in [-0.3, -0.25) is 14.6 Å². The minimum absolute atomic E-state index is 0.0728. The largest absolute Gasteiger partial charge is 0.347 e. The van der Waals surface area contributed by atoms with Crippen LogP contribution in [-0.4, -0.2) is 40.8 Å². The fraction of sp³-hybridized carbons (Fsp3) is 0.417. The summed E-state index contributed by atoms with van der Waals surface area (Å²) < 4.78 is 0. The predicted molar refractivity (Wildman–Crippen MR) is 67.4 cm³/mol. The molecule has 18 heavy (non-hydrogen) atoms. The summed E-state index contributed by atoms with van der Waals surface area (Å²) in [6.07, 6.45) is 3.29. The highest BCUT2D eigenvalue weighted by Crippen LogP contribution is 2.15. The third-order valence-corrected chi connectivity index (χ3v) is 3.25. The zero-order valence-corrected chi connectivity index (χ0v) is 10.8. The van der Waals surface area contributed by atoms with Crippen molar-refractivity contribution in [1.29, 1.82) is 0 Å². The third kappa shape index (κ3) is 2.61. The molecule has 2 heterocycles. The second-order valence-electron chi connectivity index (χ2n) is 4.16. The summed E-state index contributed by atoms with van der Waals surface area (Å²) in [4.78, 5) is 29.1. The van der Waals surface area contributed by atoms with Crippen LogP contribution in [0, 0.1) is 0 Å². The molecule has 0 radical (unpaired) electrons. The minimum atomic E-state index is -0.266. The molecule has 1 atom stereocenters. The van der Waals surface area contributed by atoms with Crippen molar-refractivity contribution in [3.8, 4) is 0 Å². The van der Waals surface area contributed by atoms with Crippen molar-refractivity contribution in [3.05, 3.63) is 29.0 Å². The lowest BCUT2D eigenvalue weighted by molar-refractivity contribution is -0.127. The Morgan fingerprint density at radius 3 is 3.06 bits per heavy atom. The smallest absolute Gasteiger partial charge is 0.253 e. The summed E-state index contributed by atoms with van der Waals surface area (Å²) in [6.45, 7) is 3.15. The zero-order chi connectivity index (χ0) is 13.1. The molecule has 1 aliphatic rings. The monoisotopic (exact) mass is 267 g/mol. The van der Waals surface area contributed by atoms with E-state index in [1.165, 1.54) is 12.4 Å². The van der Waals surface area contributed by atoms with Crippen LogP contribution in [0.5, 0.6) is 0 Å². The van der Waals surface area contributed by atoms with Crippen LogP contribution in [0.2, 0.25) is 5.02 Å². The van der Waals surface area contributed by atoms with E-state index in [1.807, 2.05) is 6.92 Å². The molecule has 0 bridgehead atoms. The normalized spacial score (nSPS) is 19.1. The number of nitrogens with one attached hydrogen (secondary N) is 1. The van der Waals surface area contributed by atoms with Gasteiger partial charge in [-0.25, -0.2) is 0 Å². The topological polar surface area (TPSA) is 62.3 Å². The van der Waals surface area contributed by atoms with Crippen LogP contribution >= 0.6 is 11.6 Å². The highest BCUT2D eigenvalue weighted by atomic mass is 35.5. The van der Waals surface area contributed by atoms with E-state index in [-0.39, 0.29) is 17.9 Å². The van der Waals surface area contributed by atoms with Gasteiger partial charge in [-0.15, -0.1) is 0 Å². The first-order valence-electron chi connectivity index (χ1n) is 5.80. The molecule has 0 aliphatic carbocycles. The summed E-state index contributed by atoms with van der Waals surface area (Å²) in [6, 6.07) is 1.42. The van der Waals surface area contributed by atoms with Crippen LogP contribution in [0.15, 0.2) is 18.5 Å². The Hall–Kier alpha value is -1.62. The van der Waals surface area contributed by atoms with E-state index >= 15 is 0 Å². The number of carbonyl (C=O) groups excluding carboxylic acids is 2. The van der Waals surface area contributed by atoms with Crippen molar-refractivity contribution in [2.24, 2.45) is 0 Å². The first-order valence-corrected chi connectivity index (χ1v) is 6.17. The lowest BCUT2D eigenvalue weighted by Crippen LogP contribution is -2.37. The van der Waals surface area contributed by atoms with E-state index in [9.17, 15) is 9.59 Å². The Morgan fingerprint density at radius 2 is 2.44 bits per heavy atom. The molecule has 1 aromatic rings. The molecule has 1 saturated heterocycles. The number of rotatable bonds is 3. The van der Waals surface area contributed by atoms with Gasteiger partial charge >= 0.3 is 0 Å². The minimum Gasteiger partial charge on any atom is -0.347 e. The number of hydrogen-bond acceptors (Lipinski definition) is 3. The first-order chi connectivity index (χ1) is 8.61. The van der Waals surface area contributed by atoms with Gasteiger partial charge in [0.05, 0.1) is 16.6 Å². The number of carbonyl (C=O) groups is 2. The Balaban J connectivity index is 2.01. The predicted octanol–water partition coefficient (Wildman–Crippen LogP) is 1.09. The lowest BCUT2D eigenvalue weighted by atomic mass is 10.2. The maximum absolute atomic E-state index is 12.0. The van der Waals surface area contributed by atoms with Gasteiger partial charge in [-0.1, -0.05) is 11.6 Å². The van der Waals surface area contributed by atoms with Crippen molar-refractivity contribution in [2.45, 2.75) is 19.4 Å². The molecule has 5 nitrogen and oxygen atoms in total. The van der Waals surface area contributed by atoms with Crippen LogP contribution in [0.25, 0.3) is 0 Å². The average molecular weight is 268 g/mol. The van der Waals surface area contributed by atoms with Crippen molar-refractivity contribution in [3.63, 3.8) is 0 Å². The number of likely N-dealkylation sites (tertiary alicyclic amines) is 1. The summed E-state index contributed by atoms with van der Waals surface area (Å²) in [5.41, 5.74) is 0.383. The van der Waals surface area contributed by atoms with Gasteiger partial charge in [0.2, 0.25) is 5.91 Å². The molecule has 0 saturated carbocycles. The van der Waals surface area contributed by atoms with Gasteiger partial charge in [0.25, 0.3) is 5.91 Å². The maximum atomic E-state index is 12.0. The second kappa shape index (κ2) is 5.35. The number of hydrogen-bond donors (Lipinski definition) is 1. The molecule has 0 aromatic carbocycles. The van der Waals surface area contributed by atoms with E-state index in [2.05, 4.69) is 10.3 Å². The van der Waals surface area contributed by atoms with Gasteiger partial charge < -0.3 is 10.2 Å². The number of halogens is 1. The number of amides is 2. The van der Waals surface area contributed by atoms with E-state index < -0.39 is 0 Å². The molecular weight excluding hydrogens is 254 g/mol. The summed E-state index contributed by atoms with van der Waals surface area (Å²) in [5.74, 6) is -0.193. The Morgan fingerprint density at radius 1 is 1.67 bits per heavy atom. The fourth-order valence-electron chi connectivity index (χ4n) is 2.00. The molecular formula is C12H14ClN3O2. The summed E-state index contributed by atoms with van der Waals surface area (Å²) >= 11 is 5.89. The molecule has 0 unspecified atom stereocenters. The molecule has 0 spiro atoms. The van der Waals surface area contributed by atoms with Crippen molar-refractivity contribution in [2.75, 3.05) is 13.1 Å². The number of likely N-dealkylation sites (N-methyl/N-ethyl adjacent to an activating group) is 1. The van der Waals surface area contributed by atoms with E-state index in [4.69, 9.17) is 11.6 Å². The number of pyridine rings is 1.